The van der Waals surface area contributed by atoms with Crippen molar-refractivity contribution in [2.75, 3.05) is 0 Å². The van der Waals surface area contributed by atoms with Crippen molar-refractivity contribution in [1.82, 2.24) is 4.98 Å². The average Bonchev–Trinajstić information content (AvgIpc) is 2.17. The molecule has 1 heterocycles. The second-order valence-electron chi connectivity index (χ2n) is 3.10. The van der Waals surface area contributed by atoms with E-state index < -0.39 is 24.1 Å². The van der Waals surface area contributed by atoms with Gasteiger partial charge in [0.05, 0.1) is 12.5 Å². The molecule has 0 aliphatic carbocycles. The van der Waals surface area contributed by atoms with Crippen molar-refractivity contribution < 1.29 is 19.4 Å². The van der Waals surface area contributed by atoms with Crippen LogP contribution in [0.15, 0.2) is 18.3 Å². The van der Waals surface area contributed by atoms with Gasteiger partial charge < -0.3 is 15.9 Å². The van der Waals surface area contributed by atoms with E-state index in [0.717, 1.165) is 12.3 Å². The van der Waals surface area contributed by atoms with Crippen molar-refractivity contribution in [3.05, 3.63) is 29.8 Å². The Morgan fingerprint density at radius 2 is 2.20 bits per heavy atom. The fourth-order valence-electron chi connectivity index (χ4n) is 1.10. The van der Waals surface area contributed by atoms with Gasteiger partial charge in [-0.1, -0.05) is 6.07 Å². The molecule has 1 rings (SSSR count). The largest absolute Gasteiger partial charge is 0.390 e. The Morgan fingerprint density at radius 1 is 1.53 bits per heavy atom. The molecule has 4 N–H and O–H groups in total. The fraction of sp³-hybridized carbons (Fsp3) is 0.333. The lowest BCUT2D eigenvalue weighted by Crippen LogP contribution is -2.25. The van der Waals surface area contributed by atoms with E-state index in [0.29, 0.717) is 0 Å². The van der Waals surface area contributed by atoms with E-state index in [9.17, 15) is 19.4 Å². The highest BCUT2D eigenvalue weighted by Crippen LogP contribution is 2.17. The molecule has 0 fully saturated rings. The number of aliphatic hydroxyl groups excluding tert-OH is 2. The summed E-state index contributed by atoms with van der Waals surface area (Å²) in [5, 5.41) is 18.8. The Kier molecular flexibility index (Phi) is 3.70. The second kappa shape index (κ2) is 4.81. The molecule has 0 bridgehead atoms. The molecule has 5 nitrogen and oxygen atoms in total. The summed E-state index contributed by atoms with van der Waals surface area (Å²) < 4.78 is 12.4. The smallest absolute Gasteiger partial charge is 0.220 e. The number of halogens is 1. The van der Waals surface area contributed by atoms with Crippen LogP contribution in [0.4, 0.5) is 4.39 Å². The molecule has 2 atom stereocenters. The Morgan fingerprint density at radius 3 is 2.67 bits per heavy atom. The number of hydrogen-bond donors (Lipinski definition) is 3. The normalized spacial score (nSPS) is 14.6. The number of pyridine rings is 1. The first-order valence-corrected chi connectivity index (χ1v) is 4.26. The molecule has 0 saturated carbocycles. The number of rotatable bonds is 4. The van der Waals surface area contributed by atoms with Crippen LogP contribution < -0.4 is 5.73 Å². The number of nitrogens with two attached hydrogens (primary N) is 1. The van der Waals surface area contributed by atoms with Crippen LogP contribution in [0, 0.1) is 5.95 Å². The number of amides is 1. The van der Waals surface area contributed by atoms with E-state index in [1.54, 1.807) is 0 Å². The van der Waals surface area contributed by atoms with Crippen LogP contribution >= 0.6 is 0 Å². The predicted octanol–water partition coefficient (Wildman–Crippen LogP) is -0.510. The van der Waals surface area contributed by atoms with Crippen LogP contribution in [0.25, 0.3) is 0 Å². The highest BCUT2D eigenvalue weighted by atomic mass is 19.1. The van der Waals surface area contributed by atoms with E-state index in [-0.39, 0.29) is 12.0 Å². The van der Waals surface area contributed by atoms with Crippen molar-refractivity contribution >= 4 is 5.91 Å². The fourth-order valence-corrected chi connectivity index (χ4v) is 1.10. The molecule has 1 aromatic rings. The zero-order valence-corrected chi connectivity index (χ0v) is 7.80. The van der Waals surface area contributed by atoms with E-state index >= 15 is 0 Å². The molecule has 1 amide bonds. The molecule has 15 heavy (non-hydrogen) atoms. The molecule has 0 aliphatic rings. The standard InChI is InChI=1S/C9H11FN2O3/c10-7-2-1-5(4-12-7)9(15)6(13)3-8(11)14/h1-2,4,6,9,13,15H,3H2,(H2,11,14). The van der Waals surface area contributed by atoms with E-state index in [4.69, 9.17) is 5.73 Å². The summed E-state index contributed by atoms with van der Waals surface area (Å²) in [5.74, 6) is -1.41. The summed E-state index contributed by atoms with van der Waals surface area (Å²) in [4.78, 5) is 13.8. The topological polar surface area (TPSA) is 96.4 Å². The highest BCUT2D eigenvalue weighted by molar-refractivity contribution is 5.74. The molecule has 82 valence electrons. The van der Waals surface area contributed by atoms with Crippen molar-refractivity contribution in [3.8, 4) is 0 Å². The average molecular weight is 214 g/mol. The minimum atomic E-state index is -1.31. The Bertz CT molecular complexity index is 342. The van der Waals surface area contributed by atoms with Crippen molar-refractivity contribution in [3.63, 3.8) is 0 Å². The first-order chi connectivity index (χ1) is 7.00. The van der Waals surface area contributed by atoms with E-state index in [1.807, 2.05) is 0 Å². The van der Waals surface area contributed by atoms with Gasteiger partial charge in [-0.25, -0.2) is 4.98 Å². The van der Waals surface area contributed by atoms with Crippen LogP contribution in [0.2, 0.25) is 0 Å². The first kappa shape index (κ1) is 11.5. The van der Waals surface area contributed by atoms with Gasteiger partial charge in [-0.3, -0.25) is 4.79 Å². The Hall–Kier alpha value is -1.53. The molecule has 0 saturated heterocycles. The minimum Gasteiger partial charge on any atom is -0.390 e. The van der Waals surface area contributed by atoms with Gasteiger partial charge >= 0.3 is 0 Å². The van der Waals surface area contributed by atoms with Gasteiger partial charge in [0.15, 0.2) is 0 Å². The zero-order chi connectivity index (χ0) is 11.4. The summed E-state index contributed by atoms with van der Waals surface area (Å²) in [6, 6.07) is 2.33. The number of primary amides is 1. The molecule has 6 heteroatoms. The third-order valence-corrected chi connectivity index (χ3v) is 1.87. The van der Waals surface area contributed by atoms with Crippen LogP contribution in [-0.2, 0) is 4.79 Å². The summed E-state index contributed by atoms with van der Waals surface area (Å²) in [7, 11) is 0. The maximum atomic E-state index is 12.4. The molecule has 0 radical (unpaired) electrons. The highest BCUT2D eigenvalue weighted by Gasteiger charge is 2.20. The van der Waals surface area contributed by atoms with Gasteiger partial charge in [-0.15, -0.1) is 0 Å². The van der Waals surface area contributed by atoms with Gasteiger partial charge in [0.2, 0.25) is 11.9 Å². The van der Waals surface area contributed by atoms with Crippen LogP contribution in [0.1, 0.15) is 18.1 Å². The second-order valence-corrected chi connectivity index (χ2v) is 3.10. The lowest BCUT2D eigenvalue weighted by Gasteiger charge is -2.16. The maximum Gasteiger partial charge on any atom is 0.220 e. The first-order valence-electron chi connectivity index (χ1n) is 4.26. The van der Waals surface area contributed by atoms with Crippen LogP contribution in [0.3, 0.4) is 0 Å². The summed E-state index contributed by atoms with van der Waals surface area (Å²) in [6.45, 7) is 0. The monoisotopic (exact) mass is 214 g/mol. The number of carbonyl (C=O) groups is 1. The van der Waals surface area contributed by atoms with Gasteiger partial charge in [-0.2, -0.15) is 4.39 Å². The van der Waals surface area contributed by atoms with Crippen LogP contribution in [-0.4, -0.2) is 27.2 Å². The SMILES string of the molecule is NC(=O)CC(O)C(O)c1ccc(F)nc1. The number of hydrogen-bond acceptors (Lipinski definition) is 4. The van der Waals surface area contributed by atoms with Crippen molar-refractivity contribution in [2.24, 2.45) is 5.73 Å². The van der Waals surface area contributed by atoms with Crippen molar-refractivity contribution in [1.29, 1.82) is 0 Å². The van der Waals surface area contributed by atoms with Gasteiger partial charge in [-0.05, 0) is 6.07 Å². The lowest BCUT2D eigenvalue weighted by atomic mass is 10.0. The van der Waals surface area contributed by atoms with Gasteiger partial charge in [0.1, 0.15) is 6.10 Å². The van der Waals surface area contributed by atoms with Gasteiger partial charge in [0, 0.05) is 11.8 Å². The molecular formula is C9H11FN2O3. The molecule has 0 aliphatic heterocycles. The molecule has 0 spiro atoms. The molecular weight excluding hydrogens is 203 g/mol. The predicted molar refractivity (Wildman–Crippen MR) is 49.0 cm³/mol. The third kappa shape index (κ3) is 3.26. The number of aromatic nitrogens is 1. The summed E-state index contributed by atoms with van der Waals surface area (Å²) >= 11 is 0. The van der Waals surface area contributed by atoms with E-state index in [1.165, 1.54) is 6.07 Å². The number of nitrogens with zero attached hydrogens (tertiary/aromatic N) is 1. The number of carbonyl (C=O) groups excluding carboxylic acids is 1. The quantitative estimate of drug-likeness (QED) is 0.588. The van der Waals surface area contributed by atoms with Crippen LogP contribution in [0.5, 0.6) is 0 Å². The number of aliphatic hydroxyl groups is 2. The van der Waals surface area contributed by atoms with Gasteiger partial charge in [0.25, 0.3) is 0 Å². The summed E-state index contributed by atoms with van der Waals surface area (Å²) in [5.41, 5.74) is 5.07. The summed E-state index contributed by atoms with van der Waals surface area (Å²) in [6.07, 6.45) is -1.89. The minimum absolute atomic E-state index is 0.227. The zero-order valence-electron chi connectivity index (χ0n) is 7.80. The Balaban J connectivity index is 2.71. The Labute approximate surface area is 85.4 Å². The van der Waals surface area contributed by atoms with E-state index in [2.05, 4.69) is 4.98 Å². The molecule has 1 aromatic heterocycles. The third-order valence-electron chi connectivity index (χ3n) is 1.87. The van der Waals surface area contributed by atoms with Crippen molar-refractivity contribution in [2.45, 2.75) is 18.6 Å². The molecule has 2 unspecified atom stereocenters. The molecule has 0 aromatic carbocycles. The lowest BCUT2D eigenvalue weighted by molar-refractivity contribution is -0.121. The maximum absolute atomic E-state index is 12.4.